The van der Waals surface area contributed by atoms with Crippen LogP contribution in [0.1, 0.15) is 108 Å². The molecule has 7 heteroatoms. The summed E-state index contributed by atoms with van der Waals surface area (Å²) < 4.78 is 2.01. The number of aryl methyl sites for hydroxylation is 1. The van der Waals surface area contributed by atoms with Crippen LogP contribution in [-0.2, 0) is 22.5 Å². The first-order chi connectivity index (χ1) is 18.6. The number of benzene rings is 2. The Morgan fingerprint density at radius 2 is 1.08 bits per heavy atom. The predicted molar refractivity (Wildman–Crippen MR) is 167 cm³/mol. The molecule has 0 aliphatic carbocycles. The van der Waals surface area contributed by atoms with Gasteiger partial charge in [-0.2, -0.15) is 0 Å². The number of halogens is 2. The van der Waals surface area contributed by atoms with E-state index < -0.39 is 0 Å². The molecule has 1 aromatic heterocycles. The Morgan fingerprint density at radius 3 is 1.31 bits per heavy atom. The zero-order valence-corrected chi connectivity index (χ0v) is 27.9. The number of hydrogen-bond acceptors (Lipinski definition) is 3. The van der Waals surface area contributed by atoms with E-state index >= 15 is 0 Å². The van der Waals surface area contributed by atoms with Gasteiger partial charge in [0, 0.05) is 30.3 Å². The van der Waals surface area contributed by atoms with Crippen LogP contribution in [0.2, 0.25) is 0 Å². The molecule has 0 saturated heterocycles. The molecule has 2 heterocycles. The molecule has 218 valence electrons. The average Bonchev–Trinajstić information content (AvgIpc) is 3.61. The summed E-state index contributed by atoms with van der Waals surface area (Å²) in [5, 5.41) is 0. The van der Waals surface area contributed by atoms with Crippen molar-refractivity contribution in [1.82, 2.24) is 9.55 Å². The number of nitrogens with zero attached hydrogens (tertiary/aromatic N) is 4. The van der Waals surface area contributed by atoms with Gasteiger partial charge in [0.15, 0.2) is 0 Å². The molecule has 1 aliphatic heterocycles. The van der Waals surface area contributed by atoms with Crippen molar-refractivity contribution in [3.05, 3.63) is 96.4 Å². The second-order valence-electron chi connectivity index (χ2n) is 10.9. The fraction of sp³-hybridized carbons (Fsp3) is 0.438. The van der Waals surface area contributed by atoms with E-state index in [2.05, 4.69) is 133 Å². The van der Waals surface area contributed by atoms with Gasteiger partial charge in [-0.25, -0.2) is 4.98 Å². The molecule has 2 aromatic carbocycles. The van der Waals surface area contributed by atoms with Crippen molar-refractivity contribution < 1.29 is 15.9 Å². The van der Waals surface area contributed by atoms with Crippen LogP contribution in [0.25, 0.3) is 0 Å². The van der Waals surface area contributed by atoms with Gasteiger partial charge in [0.1, 0.15) is 0 Å². The molecule has 0 radical (unpaired) electrons. The molecular formula is C32H45Cl2N4Pd-. The zero-order chi connectivity index (χ0) is 29.1. The first-order valence-electron chi connectivity index (χ1n) is 13.7. The van der Waals surface area contributed by atoms with Crippen LogP contribution in [0.3, 0.4) is 0 Å². The van der Waals surface area contributed by atoms with Crippen LogP contribution < -0.4 is 9.80 Å². The molecule has 4 rings (SSSR count). The maximum absolute atomic E-state index is 4.81. The third kappa shape index (κ3) is 9.12. The summed E-state index contributed by atoms with van der Waals surface area (Å²) >= 11 is -0.106. The van der Waals surface area contributed by atoms with Crippen LogP contribution in [0.4, 0.5) is 11.4 Å². The minimum atomic E-state index is -0.106. The van der Waals surface area contributed by atoms with E-state index in [1.54, 1.807) is 12.5 Å². The molecule has 0 unspecified atom stereocenters. The fourth-order valence-corrected chi connectivity index (χ4v) is 4.71. The van der Waals surface area contributed by atoms with Gasteiger partial charge < -0.3 is 14.4 Å². The summed E-state index contributed by atoms with van der Waals surface area (Å²) in [7, 11) is 9.63. The van der Waals surface area contributed by atoms with Crippen LogP contribution in [-0.4, -0.2) is 9.55 Å². The van der Waals surface area contributed by atoms with Crippen LogP contribution in [0.15, 0.2) is 67.5 Å². The maximum atomic E-state index is 4.81. The van der Waals surface area contributed by atoms with Crippen LogP contribution in [0.5, 0.6) is 0 Å². The molecule has 0 atom stereocenters. The number of imidazole rings is 1. The molecule has 4 nitrogen and oxygen atoms in total. The molecular weight excluding hydrogens is 618 g/mol. The summed E-state index contributed by atoms with van der Waals surface area (Å²) in [6.45, 7) is 23.6. The van der Waals surface area contributed by atoms with Gasteiger partial charge >= 0.3 is 35.0 Å². The minimum absolute atomic E-state index is 0.106. The van der Waals surface area contributed by atoms with Crippen LogP contribution in [0, 0.1) is 6.67 Å². The van der Waals surface area contributed by atoms with Crippen molar-refractivity contribution in [2.75, 3.05) is 9.80 Å². The molecule has 0 spiro atoms. The summed E-state index contributed by atoms with van der Waals surface area (Å²) in [6.07, 6.45) is 9.96. The molecule has 1 aliphatic rings. The van der Waals surface area contributed by atoms with E-state index in [9.17, 15) is 0 Å². The zero-order valence-electron chi connectivity index (χ0n) is 24.8. The number of rotatable bonds is 7. The van der Waals surface area contributed by atoms with Crippen molar-refractivity contribution in [2.24, 2.45) is 0 Å². The van der Waals surface area contributed by atoms with E-state index in [0.29, 0.717) is 23.7 Å². The molecule has 0 amide bonds. The first-order valence-corrected chi connectivity index (χ1v) is 17.7. The molecule has 0 bridgehead atoms. The normalized spacial score (nSPS) is 12.9. The monoisotopic (exact) mass is 661 g/mol. The third-order valence-electron chi connectivity index (χ3n) is 6.76. The van der Waals surface area contributed by atoms with E-state index in [0.717, 1.165) is 6.54 Å². The van der Waals surface area contributed by atoms with E-state index in [1.165, 1.54) is 33.6 Å². The number of hydrogen-bond donors (Lipinski definition) is 0. The van der Waals surface area contributed by atoms with Gasteiger partial charge in [-0.15, -0.1) is 6.67 Å². The Bertz CT molecular complexity index is 1030. The molecule has 39 heavy (non-hydrogen) atoms. The van der Waals surface area contributed by atoms with Crippen molar-refractivity contribution in [2.45, 2.75) is 92.5 Å². The van der Waals surface area contributed by atoms with E-state index in [1.807, 2.05) is 10.8 Å². The van der Waals surface area contributed by atoms with Gasteiger partial charge in [-0.3, -0.25) is 0 Å². The number of para-hydroxylation sites is 2. The van der Waals surface area contributed by atoms with Gasteiger partial charge in [-0.05, 0) is 65.2 Å². The van der Waals surface area contributed by atoms with E-state index in [-0.39, 0.29) is 15.9 Å². The molecule has 0 fully saturated rings. The van der Waals surface area contributed by atoms with Crippen LogP contribution >= 0.6 is 19.1 Å². The molecule has 3 aromatic rings. The summed E-state index contributed by atoms with van der Waals surface area (Å²) in [5.41, 5.74) is 8.29. The van der Waals surface area contributed by atoms with Crippen molar-refractivity contribution in [3.63, 3.8) is 0 Å². The second kappa shape index (κ2) is 16.5. The quantitative estimate of drug-likeness (QED) is 0.186. The Balaban J connectivity index is 0.000000450. The van der Waals surface area contributed by atoms with Gasteiger partial charge in [0.05, 0.1) is 6.33 Å². The fourth-order valence-electron chi connectivity index (χ4n) is 4.71. The van der Waals surface area contributed by atoms with Gasteiger partial charge in [0.25, 0.3) is 0 Å². The SMILES string of the molecule is CC(C)c1cccc(C(C)C)c1N1C=CN(c2c(C(C)C)cccc2C(C)C)[CH-]1.CCn1ccnc1.[Cl][Pd][Cl]. The molecule has 0 saturated carbocycles. The Hall–Kier alpha value is -1.77. The van der Waals surface area contributed by atoms with Gasteiger partial charge in [0.2, 0.25) is 0 Å². The third-order valence-corrected chi connectivity index (χ3v) is 6.76. The van der Waals surface area contributed by atoms with Crippen molar-refractivity contribution in [3.8, 4) is 0 Å². The Labute approximate surface area is 253 Å². The molecule has 0 N–H and O–H groups in total. The number of anilines is 2. The predicted octanol–water partition coefficient (Wildman–Crippen LogP) is 10.4. The topological polar surface area (TPSA) is 24.3 Å². The average molecular weight is 663 g/mol. The van der Waals surface area contributed by atoms with Crippen molar-refractivity contribution in [1.29, 1.82) is 0 Å². The van der Waals surface area contributed by atoms with E-state index in [4.69, 9.17) is 19.1 Å². The standard InChI is InChI=1S/C27H37N2.C5H8N2.2ClH.Pd/c1-18(2)22-11-9-12-23(19(3)4)26(22)28-15-16-29(17-28)27-24(20(5)6)13-10-14-25(27)21(7)8;1-2-7-4-3-6-5-7;;;/h9-21H,1-8H3;3-5H,2H2,1H3;2*1H;/q-1;;;;+2/p-2. The summed E-state index contributed by atoms with van der Waals surface area (Å²) in [5.74, 6) is 1.92. The second-order valence-corrected chi connectivity index (χ2v) is 13.2. The van der Waals surface area contributed by atoms with Crippen molar-refractivity contribution >= 4 is 30.4 Å². The van der Waals surface area contributed by atoms with Gasteiger partial charge in [-0.1, -0.05) is 91.8 Å². The summed E-state index contributed by atoms with van der Waals surface area (Å²) in [6, 6.07) is 13.5. The first kappa shape index (κ1) is 33.4. The Morgan fingerprint density at radius 1 is 0.718 bits per heavy atom. The number of aromatic nitrogens is 2. The Kier molecular flexibility index (Phi) is 14.1. The summed E-state index contributed by atoms with van der Waals surface area (Å²) in [4.78, 5) is 8.51.